The van der Waals surface area contributed by atoms with Gasteiger partial charge >= 0.3 is 0 Å². The second-order valence-electron chi connectivity index (χ2n) is 5.79. The average molecular weight is 271 g/mol. The Hall–Kier alpha value is -1.58. The van der Waals surface area contributed by atoms with Crippen molar-refractivity contribution in [3.63, 3.8) is 0 Å². The molecule has 2 N–H and O–H groups in total. The highest BCUT2D eigenvalue weighted by Crippen LogP contribution is 2.28. The molecule has 0 amide bonds. The fourth-order valence-corrected chi connectivity index (χ4v) is 2.94. The predicted molar refractivity (Wildman–Crippen MR) is 80.9 cm³/mol. The number of ether oxygens (including phenoxy) is 1. The molecule has 0 bridgehead atoms. The summed E-state index contributed by atoms with van der Waals surface area (Å²) >= 11 is 0. The largest absolute Gasteiger partial charge is 0.508 e. The van der Waals surface area contributed by atoms with Gasteiger partial charge in [0.15, 0.2) is 0 Å². The molecule has 0 radical (unpaired) electrons. The van der Waals surface area contributed by atoms with Gasteiger partial charge in [-0.3, -0.25) is 0 Å². The van der Waals surface area contributed by atoms with Gasteiger partial charge in [0, 0.05) is 25.3 Å². The second-order valence-corrected chi connectivity index (χ2v) is 5.79. The van der Waals surface area contributed by atoms with E-state index in [4.69, 9.17) is 4.74 Å². The molecule has 106 valence electrons. The number of nitrogens with one attached hydrogen (secondary N) is 1. The van der Waals surface area contributed by atoms with Gasteiger partial charge in [0.1, 0.15) is 5.75 Å². The minimum atomic E-state index is -0.0554. The predicted octanol–water partition coefficient (Wildman–Crippen LogP) is 3.20. The van der Waals surface area contributed by atoms with Crippen molar-refractivity contribution in [1.82, 2.24) is 5.32 Å². The van der Waals surface area contributed by atoms with Gasteiger partial charge in [0.2, 0.25) is 0 Å². The fourth-order valence-electron chi connectivity index (χ4n) is 2.94. The first-order valence-corrected chi connectivity index (χ1v) is 7.22. The van der Waals surface area contributed by atoms with Crippen LogP contribution in [-0.4, -0.2) is 23.9 Å². The first-order valence-electron chi connectivity index (χ1n) is 7.22. The Kier molecular flexibility index (Phi) is 3.64. The summed E-state index contributed by atoms with van der Waals surface area (Å²) < 4.78 is 5.77. The lowest BCUT2D eigenvalue weighted by Crippen LogP contribution is -2.36. The highest BCUT2D eigenvalue weighted by Gasteiger charge is 2.29. The van der Waals surface area contributed by atoms with Gasteiger partial charge in [-0.2, -0.15) is 0 Å². The van der Waals surface area contributed by atoms with Crippen molar-refractivity contribution in [2.45, 2.75) is 31.9 Å². The number of fused-ring (bicyclic) bond motifs is 1. The van der Waals surface area contributed by atoms with Crippen LogP contribution in [0.5, 0.6) is 5.75 Å². The van der Waals surface area contributed by atoms with Crippen molar-refractivity contribution in [2.24, 2.45) is 0 Å². The van der Waals surface area contributed by atoms with Crippen molar-refractivity contribution >= 4 is 10.8 Å². The van der Waals surface area contributed by atoms with Crippen LogP contribution in [0.3, 0.4) is 0 Å². The van der Waals surface area contributed by atoms with E-state index in [1.54, 1.807) is 6.07 Å². The molecule has 0 aromatic heterocycles. The monoisotopic (exact) mass is 271 g/mol. The van der Waals surface area contributed by atoms with Crippen LogP contribution < -0.4 is 5.32 Å². The Bertz CT molecular complexity index is 603. The van der Waals surface area contributed by atoms with Crippen LogP contribution in [0, 0.1) is 0 Å². The summed E-state index contributed by atoms with van der Waals surface area (Å²) in [6.45, 7) is 4.48. The topological polar surface area (TPSA) is 41.5 Å². The van der Waals surface area contributed by atoms with Crippen LogP contribution in [0.4, 0.5) is 0 Å². The molecule has 1 fully saturated rings. The molecule has 3 rings (SSSR count). The lowest BCUT2D eigenvalue weighted by Gasteiger charge is -2.23. The van der Waals surface area contributed by atoms with E-state index >= 15 is 0 Å². The van der Waals surface area contributed by atoms with Crippen LogP contribution in [0.25, 0.3) is 10.8 Å². The Labute approximate surface area is 119 Å². The van der Waals surface area contributed by atoms with Crippen molar-refractivity contribution in [1.29, 1.82) is 0 Å². The third-order valence-electron chi connectivity index (χ3n) is 4.12. The lowest BCUT2D eigenvalue weighted by atomic mass is 10.0. The first-order chi connectivity index (χ1) is 9.68. The van der Waals surface area contributed by atoms with E-state index in [-0.39, 0.29) is 5.60 Å². The molecule has 3 heteroatoms. The zero-order valence-electron chi connectivity index (χ0n) is 11.9. The molecule has 20 heavy (non-hydrogen) atoms. The molecule has 0 aliphatic carbocycles. The third-order valence-corrected chi connectivity index (χ3v) is 4.12. The Morgan fingerprint density at radius 2 is 2.10 bits per heavy atom. The van der Waals surface area contributed by atoms with Gasteiger partial charge in [0.05, 0.1) is 5.60 Å². The van der Waals surface area contributed by atoms with Crippen LogP contribution in [0.15, 0.2) is 36.4 Å². The van der Waals surface area contributed by atoms with E-state index < -0.39 is 0 Å². The summed E-state index contributed by atoms with van der Waals surface area (Å²) in [5.74, 6) is 0.355. The second kappa shape index (κ2) is 5.43. The summed E-state index contributed by atoms with van der Waals surface area (Å²) in [5.41, 5.74) is 0.907. The number of hydrogen-bond acceptors (Lipinski definition) is 3. The SMILES string of the molecule is CC1(CNCc2c(O)ccc3ccccc23)CCCO1. The minimum Gasteiger partial charge on any atom is -0.508 e. The summed E-state index contributed by atoms with van der Waals surface area (Å²) in [6, 6.07) is 11.9. The van der Waals surface area contributed by atoms with Crippen molar-refractivity contribution in [3.8, 4) is 5.75 Å². The molecule has 1 aliphatic rings. The maximum Gasteiger partial charge on any atom is 0.120 e. The van der Waals surface area contributed by atoms with Gasteiger partial charge < -0.3 is 15.2 Å². The van der Waals surface area contributed by atoms with Gasteiger partial charge in [0.25, 0.3) is 0 Å². The quantitative estimate of drug-likeness (QED) is 0.897. The Morgan fingerprint density at radius 1 is 1.25 bits per heavy atom. The number of aromatic hydroxyl groups is 1. The number of rotatable bonds is 4. The standard InChI is InChI=1S/C17H21NO2/c1-17(9-4-10-20-17)12-18-11-15-14-6-3-2-5-13(14)7-8-16(15)19/h2-3,5-8,18-19H,4,9-12H2,1H3. The molecule has 3 nitrogen and oxygen atoms in total. The molecule has 2 aromatic rings. The van der Waals surface area contributed by atoms with E-state index in [1.807, 2.05) is 18.2 Å². The summed E-state index contributed by atoms with van der Waals surface area (Å²) in [6.07, 6.45) is 2.24. The molecule has 1 aliphatic heterocycles. The molecule has 1 atom stereocenters. The average Bonchev–Trinajstić information content (AvgIpc) is 2.88. The van der Waals surface area contributed by atoms with Crippen LogP contribution >= 0.6 is 0 Å². The van der Waals surface area contributed by atoms with Crippen LogP contribution in [-0.2, 0) is 11.3 Å². The van der Waals surface area contributed by atoms with Crippen LogP contribution in [0.1, 0.15) is 25.3 Å². The van der Waals surface area contributed by atoms with Crippen LogP contribution in [0.2, 0.25) is 0 Å². The zero-order valence-corrected chi connectivity index (χ0v) is 11.9. The maximum absolute atomic E-state index is 10.1. The molecule has 1 saturated heterocycles. The van der Waals surface area contributed by atoms with E-state index in [9.17, 15) is 5.11 Å². The lowest BCUT2D eigenvalue weighted by molar-refractivity contribution is 0.0206. The molecular formula is C17H21NO2. The third kappa shape index (κ3) is 2.65. The molecule has 2 aromatic carbocycles. The number of hydrogen-bond donors (Lipinski definition) is 2. The zero-order chi connectivity index (χ0) is 14.0. The minimum absolute atomic E-state index is 0.0554. The van der Waals surface area contributed by atoms with Crippen molar-refractivity contribution < 1.29 is 9.84 Å². The molecule has 0 saturated carbocycles. The van der Waals surface area contributed by atoms with Gasteiger partial charge in [-0.25, -0.2) is 0 Å². The highest BCUT2D eigenvalue weighted by molar-refractivity contribution is 5.87. The number of benzene rings is 2. The molecular weight excluding hydrogens is 250 g/mol. The smallest absolute Gasteiger partial charge is 0.120 e. The number of phenolic OH excluding ortho intramolecular Hbond substituents is 1. The normalized spacial score (nSPS) is 22.4. The van der Waals surface area contributed by atoms with Gasteiger partial charge in [-0.1, -0.05) is 30.3 Å². The van der Waals surface area contributed by atoms with E-state index in [2.05, 4.69) is 24.4 Å². The Morgan fingerprint density at radius 3 is 2.90 bits per heavy atom. The van der Waals surface area contributed by atoms with E-state index in [0.717, 1.165) is 42.3 Å². The molecule has 1 unspecified atom stereocenters. The van der Waals surface area contributed by atoms with Crippen molar-refractivity contribution in [3.05, 3.63) is 42.0 Å². The summed E-state index contributed by atoms with van der Waals surface area (Å²) in [4.78, 5) is 0. The van der Waals surface area contributed by atoms with Crippen molar-refractivity contribution in [2.75, 3.05) is 13.2 Å². The molecule has 1 heterocycles. The Balaban J connectivity index is 1.75. The molecule has 0 spiro atoms. The fraction of sp³-hybridized carbons (Fsp3) is 0.412. The van der Waals surface area contributed by atoms with E-state index in [0.29, 0.717) is 12.3 Å². The van der Waals surface area contributed by atoms with E-state index in [1.165, 1.54) is 0 Å². The maximum atomic E-state index is 10.1. The first kappa shape index (κ1) is 13.4. The summed E-state index contributed by atoms with van der Waals surface area (Å²) in [7, 11) is 0. The van der Waals surface area contributed by atoms with Gasteiger partial charge in [-0.15, -0.1) is 0 Å². The summed E-state index contributed by atoms with van der Waals surface area (Å²) in [5, 5.41) is 15.8. The number of phenols is 1. The highest BCUT2D eigenvalue weighted by atomic mass is 16.5. The van der Waals surface area contributed by atoms with Gasteiger partial charge in [-0.05, 0) is 36.6 Å².